The minimum absolute atomic E-state index is 0.189. The van der Waals surface area contributed by atoms with Crippen LogP contribution >= 0.6 is 0 Å². The third kappa shape index (κ3) is 3.13. The molecule has 2 aromatic rings. The first-order chi connectivity index (χ1) is 10.2. The van der Waals surface area contributed by atoms with E-state index in [9.17, 15) is 13.2 Å². The zero-order valence-electron chi connectivity index (χ0n) is 13.2. The number of carbonyl (C=O) groups excluding carboxylic acids is 1. The molecule has 2 rings (SSSR count). The predicted octanol–water partition coefficient (Wildman–Crippen LogP) is 2.08. The highest BCUT2D eigenvalue weighted by molar-refractivity contribution is 7.89. The van der Waals surface area contributed by atoms with Gasteiger partial charge in [0.05, 0.1) is 11.4 Å². The van der Waals surface area contributed by atoms with Crippen LogP contribution in [0.5, 0.6) is 0 Å². The van der Waals surface area contributed by atoms with Crippen molar-refractivity contribution in [1.82, 2.24) is 4.72 Å². The Morgan fingerprint density at radius 2 is 1.82 bits per heavy atom. The summed E-state index contributed by atoms with van der Waals surface area (Å²) in [5, 5.41) is 1.52. The Labute approximate surface area is 131 Å². The highest BCUT2D eigenvalue weighted by Gasteiger charge is 2.19. The Morgan fingerprint density at radius 1 is 1.14 bits per heavy atom. The van der Waals surface area contributed by atoms with Gasteiger partial charge < -0.3 is 4.90 Å². The fourth-order valence-electron chi connectivity index (χ4n) is 2.52. The van der Waals surface area contributed by atoms with Gasteiger partial charge in [-0.3, -0.25) is 4.79 Å². The van der Waals surface area contributed by atoms with Crippen LogP contribution in [0.3, 0.4) is 0 Å². The Morgan fingerprint density at radius 3 is 2.41 bits per heavy atom. The van der Waals surface area contributed by atoms with Crippen molar-refractivity contribution in [3.8, 4) is 0 Å². The van der Waals surface area contributed by atoms with E-state index in [1.54, 1.807) is 18.2 Å². The molecule has 22 heavy (non-hydrogen) atoms. The molecule has 6 heteroatoms. The van der Waals surface area contributed by atoms with Crippen LogP contribution in [0.15, 0.2) is 35.2 Å². The van der Waals surface area contributed by atoms with Crippen molar-refractivity contribution < 1.29 is 13.2 Å². The summed E-state index contributed by atoms with van der Waals surface area (Å²) in [5.74, 6) is -0.228. The molecule has 118 valence electrons. The predicted molar refractivity (Wildman–Crippen MR) is 88.9 cm³/mol. The first kappa shape index (κ1) is 16.5. The van der Waals surface area contributed by atoms with E-state index in [-0.39, 0.29) is 17.2 Å². The summed E-state index contributed by atoms with van der Waals surface area (Å²) in [4.78, 5) is 13.2. The topological polar surface area (TPSA) is 66.5 Å². The number of fused-ring (bicyclic) bond motifs is 1. The maximum absolute atomic E-state index is 12.4. The average molecular weight is 320 g/mol. The number of ketones is 1. The van der Waals surface area contributed by atoms with Gasteiger partial charge in [-0.05, 0) is 25.5 Å². The van der Waals surface area contributed by atoms with Crippen molar-refractivity contribution in [3.63, 3.8) is 0 Å². The van der Waals surface area contributed by atoms with E-state index in [2.05, 4.69) is 4.72 Å². The molecule has 0 heterocycles. The summed E-state index contributed by atoms with van der Waals surface area (Å²) in [6.45, 7) is 3.13. The molecule has 0 radical (unpaired) electrons. The molecule has 0 unspecified atom stereocenters. The third-order valence-corrected chi connectivity index (χ3v) is 4.90. The Bertz CT molecular complexity index is 827. The van der Waals surface area contributed by atoms with Crippen LogP contribution in [0.25, 0.3) is 10.8 Å². The molecule has 0 aliphatic heterocycles. The van der Waals surface area contributed by atoms with Crippen LogP contribution in [-0.2, 0) is 14.8 Å². The number of Topliss-reactive ketones (excluding diaryl/α,β-unsaturated/α-hetero) is 1. The number of carbonyl (C=O) groups is 1. The second-order valence-electron chi connectivity index (χ2n) is 5.50. The van der Waals surface area contributed by atoms with Crippen LogP contribution in [0.2, 0.25) is 0 Å². The number of nitrogens with zero attached hydrogens (tertiary/aromatic N) is 1. The summed E-state index contributed by atoms with van der Waals surface area (Å²) in [7, 11) is 0.128. The summed E-state index contributed by atoms with van der Waals surface area (Å²) < 4.78 is 27.2. The second kappa shape index (κ2) is 6.06. The van der Waals surface area contributed by atoms with E-state index < -0.39 is 10.0 Å². The van der Waals surface area contributed by atoms with E-state index >= 15 is 0 Å². The lowest BCUT2D eigenvalue weighted by Gasteiger charge is -2.19. The zero-order valence-corrected chi connectivity index (χ0v) is 14.0. The monoisotopic (exact) mass is 320 g/mol. The van der Waals surface area contributed by atoms with Crippen molar-refractivity contribution in [2.24, 2.45) is 0 Å². The number of hydrogen-bond acceptors (Lipinski definition) is 4. The van der Waals surface area contributed by atoms with Crippen molar-refractivity contribution in [1.29, 1.82) is 0 Å². The Kier molecular flexibility index (Phi) is 4.53. The lowest BCUT2D eigenvalue weighted by Crippen LogP contribution is -2.28. The van der Waals surface area contributed by atoms with E-state index in [0.29, 0.717) is 5.39 Å². The normalized spacial score (nSPS) is 11.6. The fraction of sp³-hybridized carbons (Fsp3) is 0.312. The van der Waals surface area contributed by atoms with E-state index in [1.807, 2.05) is 38.1 Å². The van der Waals surface area contributed by atoms with Gasteiger partial charge in [0.15, 0.2) is 0 Å². The molecular weight excluding hydrogens is 300 g/mol. The van der Waals surface area contributed by atoms with Crippen molar-refractivity contribution >= 4 is 32.3 Å². The molecular formula is C16H20N2O3S. The molecule has 0 saturated carbocycles. The lowest BCUT2D eigenvalue weighted by atomic mass is 10.0. The molecule has 0 spiro atoms. The molecule has 2 aromatic carbocycles. The van der Waals surface area contributed by atoms with Crippen molar-refractivity contribution in [2.45, 2.75) is 18.7 Å². The maximum atomic E-state index is 12.4. The van der Waals surface area contributed by atoms with Gasteiger partial charge in [0.2, 0.25) is 10.0 Å². The van der Waals surface area contributed by atoms with E-state index in [4.69, 9.17) is 0 Å². The number of benzene rings is 2. The largest absolute Gasteiger partial charge is 0.377 e. The first-order valence-corrected chi connectivity index (χ1v) is 8.41. The smallest absolute Gasteiger partial charge is 0.241 e. The number of nitrogens with one attached hydrogen (secondary N) is 1. The number of aryl methyl sites for hydroxylation is 1. The Balaban J connectivity index is 2.67. The van der Waals surface area contributed by atoms with Gasteiger partial charge in [0.25, 0.3) is 0 Å². The molecule has 0 bridgehead atoms. The number of anilines is 1. The lowest BCUT2D eigenvalue weighted by molar-refractivity contribution is -0.115. The Hall–Kier alpha value is -1.92. The van der Waals surface area contributed by atoms with Gasteiger partial charge in [-0.1, -0.05) is 24.3 Å². The summed E-state index contributed by atoms with van der Waals surface area (Å²) in [6.07, 6.45) is 0. The molecule has 1 N–H and O–H groups in total. The minimum atomic E-state index is -3.73. The van der Waals surface area contributed by atoms with Crippen LogP contribution < -0.4 is 9.62 Å². The highest BCUT2D eigenvalue weighted by atomic mass is 32.2. The number of hydrogen-bond donors (Lipinski definition) is 1. The van der Waals surface area contributed by atoms with Crippen LogP contribution in [-0.4, -0.2) is 34.8 Å². The SMILES string of the molecule is CC(=O)CNS(=O)(=O)c1cccc2c(N(C)C)c(C)ccc12. The van der Waals surface area contributed by atoms with Gasteiger partial charge in [-0.2, -0.15) is 0 Å². The standard InChI is InChI=1S/C16H20N2O3S/c1-11-8-9-13-14(16(11)18(3)4)6-5-7-15(13)22(20,21)17-10-12(2)19/h5-9,17H,10H2,1-4H3. The van der Waals surface area contributed by atoms with Crippen LogP contribution in [0.1, 0.15) is 12.5 Å². The number of sulfonamides is 1. The zero-order chi connectivity index (χ0) is 16.5. The molecule has 0 aromatic heterocycles. The maximum Gasteiger partial charge on any atom is 0.241 e. The molecule has 0 fully saturated rings. The van der Waals surface area contributed by atoms with Crippen LogP contribution in [0.4, 0.5) is 5.69 Å². The van der Waals surface area contributed by atoms with Gasteiger partial charge in [-0.15, -0.1) is 0 Å². The summed E-state index contributed by atoms with van der Waals surface area (Å²) in [5.41, 5.74) is 2.06. The van der Waals surface area contributed by atoms with E-state index in [1.165, 1.54) is 6.92 Å². The van der Waals surface area contributed by atoms with Crippen molar-refractivity contribution in [2.75, 3.05) is 25.5 Å². The van der Waals surface area contributed by atoms with Crippen molar-refractivity contribution in [3.05, 3.63) is 35.9 Å². The molecule has 0 atom stereocenters. The number of rotatable bonds is 5. The quantitative estimate of drug-likeness (QED) is 0.916. The molecule has 5 nitrogen and oxygen atoms in total. The van der Waals surface area contributed by atoms with Gasteiger partial charge >= 0.3 is 0 Å². The average Bonchev–Trinajstić information content (AvgIpc) is 2.43. The molecule has 0 saturated heterocycles. The minimum Gasteiger partial charge on any atom is -0.377 e. The highest BCUT2D eigenvalue weighted by Crippen LogP contribution is 2.32. The van der Waals surface area contributed by atoms with E-state index in [0.717, 1.165) is 16.6 Å². The molecule has 0 amide bonds. The van der Waals surface area contributed by atoms with Crippen LogP contribution in [0, 0.1) is 6.92 Å². The molecule has 0 aliphatic carbocycles. The van der Waals surface area contributed by atoms with Gasteiger partial charge in [0.1, 0.15) is 5.78 Å². The van der Waals surface area contributed by atoms with Gasteiger partial charge in [-0.25, -0.2) is 13.1 Å². The first-order valence-electron chi connectivity index (χ1n) is 6.93. The third-order valence-electron chi connectivity index (χ3n) is 3.44. The summed E-state index contributed by atoms with van der Waals surface area (Å²) >= 11 is 0. The van der Waals surface area contributed by atoms with Gasteiger partial charge in [0, 0.05) is 30.6 Å². The second-order valence-corrected chi connectivity index (χ2v) is 7.24. The summed E-state index contributed by atoms with van der Waals surface area (Å²) in [6, 6.07) is 8.89. The molecule has 0 aliphatic rings. The fourth-order valence-corrected chi connectivity index (χ4v) is 3.80.